The number of fused-ring (bicyclic) bond motifs is 1. The van der Waals surface area contributed by atoms with E-state index in [2.05, 4.69) is 11.9 Å². The van der Waals surface area contributed by atoms with E-state index in [4.69, 9.17) is 0 Å². The smallest absolute Gasteiger partial charge is 0.264 e. The van der Waals surface area contributed by atoms with Gasteiger partial charge in [-0.15, -0.1) is 11.3 Å². The molecule has 1 fully saturated rings. The SMILES string of the molecule is Cc1ccc(S(=O)(=O)N(C)c2ccc3sc(C(=O)N4CCN(C)CC4)cc3c2)cc1. The second kappa shape index (κ2) is 8.02. The zero-order valence-electron chi connectivity index (χ0n) is 17.3. The molecule has 158 valence electrons. The maximum Gasteiger partial charge on any atom is 0.264 e. The van der Waals surface area contributed by atoms with Crippen LogP contribution in [0.15, 0.2) is 53.4 Å². The van der Waals surface area contributed by atoms with E-state index in [1.807, 2.05) is 30.0 Å². The highest BCUT2D eigenvalue weighted by molar-refractivity contribution is 7.92. The standard InChI is InChI=1S/C22H25N3O3S2/c1-16-4-7-19(8-5-16)30(27,28)24(3)18-6-9-20-17(14-18)15-21(29-20)22(26)25-12-10-23(2)11-13-25/h4-9,14-15H,10-13H2,1-3H3. The molecule has 30 heavy (non-hydrogen) atoms. The molecule has 4 rings (SSSR count). The topological polar surface area (TPSA) is 60.9 Å². The number of benzene rings is 2. The normalized spacial score (nSPS) is 15.5. The van der Waals surface area contributed by atoms with E-state index in [9.17, 15) is 13.2 Å². The van der Waals surface area contributed by atoms with Crippen molar-refractivity contribution in [3.8, 4) is 0 Å². The summed E-state index contributed by atoms with van der Waals surface area (Å²) < 4.78 is 28.2. The predicted octanol–water partition coefficient (Wildman–Crippen LogP) is 3.42. The Bertz CT molecular complexity index is 1180. The minimum atomic E-state index is -3.65. The number of hydrogen-bond donors (Lipinski definition) is 0. The predicted molar refractivity (Wildman–Crippen MR) is 122 cm³/mol. The van der Waals surface area contributed by atoms with E-state index in [1.54, 1.807) is 37.4 Å². The summed E-state index contributed by atoms with van der Waals surface area (Å²) in [6, 6.07) is 14.2. The monoisotopic (exact) mass is 443 g/mol. The third kappa shape index (κ3) is 3.95. The van der Waals surface area contributed by atoms with Crippen LogP contribution in [0.4, 0.5) is 5.69 Å². The van der Waals surface area contributed by atoms with Crippen molar-refractivity contribution in [3.63, 3.8) is 0 Å². The van der Waals surface area contributed by atoms with Gasteiger partial charge in [0.15, 0.2) is 0 Å². The van der Waals surface area contributed by atoms with Gasteiger partial charge in [-0.1, -0.05) is 17.7 Å². The minimum Gasteiger partial charge on any atom is -0.335 e. The summed E-state index contributed by atoms with van der Waals surface area (Å²) in [6.45, 7) is 5.13. The van der Waals surface area contributed by atoms with Gasteiger partial charge in [0, 0.05) is 37.9 Å². The fourth-order valence-electron chi connectivity index (χ4n) is 3.50. The van der Waals surface area contributed by atoms with Crippen molar-refractivity contribution in [1.29, 1.82) is 0 Å². The lowest BCUT2D eigenvalue weighted by atomic mass is 10.2. The van der Waals surface area contributed by atoms with Crippen LogP contribution in [0.2, 0.25) is 0 Å². The number of rotatable bonds is 4. The molecule has 0 aliphatic carbocycles. The number of nitrogens with zero attached hydrogens (tertiary/aromatic N) is 3. The van der Waals surface area contributed by atoms with Crippen molar-refractivity contribution in [2.75, 3.05) is 44.6 Å². The number of hydrogen-bond acceptors (Lipinski definition) is 5. The third-order valence-corrected chi connectivity index (χ3v) is 8.45. The van der Waals surface area contributed by atoms with Crippen molar-refractivity contribution in [2.45, 2.75) is 11.8 Å². The fourth-order valence-corrected chi connectivity index (χ4v) is 5.70. The first-order chi connectivity index (χ1) is 14.3. The van der Waals surface area contributed by atoms with Gasteiger partial charge in [0.05, 0.1) is 15.5 Å². The summed E-state index contributed by atoms with van der Waals surface area (Å²) in [5.41, 5.74) is 1.58. The highest BCUT2D eigenvalue weighted by atomic mass is 32.2. The number of aryl methyl sites for hydroxylation is 1. The number of sulfonamides is 1. The molecule has 0 bridgehead atoms. The van der Waals surface area contributed by atoms with E-state index >= 15 is 0 Å². The second-order valence-corrected chi connectivity index (χ2v) is 10.8. The first-order valence-electron chi connectivity index (χ1n) is 9.83. The molecule has 0 radical (unpaired) electrons. The van der Waals surface area contributed by atoms with Gasteiger partial charge in [-0.3, -0.25) is 9.10 Å². The van der Waals surface area contributed by atoms with E-state index in [0.29, 0.717) is 10.6 Å². The van der Waals surface area contributed by atoms with Crippen LogP contribution in [0, 0.1) is 6.92 Å². The van der Waals surface area contributed by atoms with Gasteiger partial charge in [-0.05, 0) is 55.8 Å². The summed E-state index contributed by atoms with van der Waals surface area (Å²) in [6.07, 6.45) is 0. The molecule has 1 amide bonds. The van der Waals surface area contributed by atoms with Gasteiger partial charge >= 0.3 is 0 Å². The van der Waals surface area contributed by atoms with E-state index in [-0.39, 0.29) is 10.8 Å². The Hall–Kier alpha value is -2.42. The molecule has 8 heteroatoms. The highest BCUT2D eigenvalue weighted by Crippen LogP contribution is 2.32. The van der Waals surface area contributed by atoms with Crippen molar-refractivity contribution in [1.82, 2.24) is 9.80 Å². The molecular formula is C22H25N3O3S2. The largest absolute Gasteiger partial charge is 0.335 e. The van der Waals surface area contributed by atoms with Crippen LogP contribution in [0.1, 0.15) is 15.2 Å². The molecule has 1 aliphatic rings. The molecule has 3 aromatic rings. The molecule has 1 saturated heterocycles. The van der Waals surface area contributed by atoms with Crippen molar-refractivity contribution >= 4 is 43.0 Å². The number of likely N-dealkylation sites (N-methyl/N-ethyl adjacent to an activating group) is 1. The van der Waals surface area contributed by atoms with Gasteiger partial charge < -0.3 is 9.80 Å². The van der Waals surface area contributed by atoms with E-state index in [0.717, 1.165) is 41.8 Å². The van der Waals surface area contributed by atoms with Crippen LogP contribution in [-0.4, -0.2) is 64.4 Å². The van der Waals surface area contributed by atoms with Crippen LogP contribution in [0.3, 0.4) is 0 Å². The highest BCUT2D eigenvalue weighted by Gasteiger charge is 2.24. The van der Waals surface area contributed by atoms with Gasteiger partial charge in [0.25, 0.3) is 15.9 Å². The van der Waals surface area contributed by atoms with Crippen LogP contribution in [0.25, 0.3) is 10.1 Å². The molecular weight excluding hydrogens is 418 g/mol. The Kier molecular flexibility index (Phi) is 5.57. The molecule has 6 nitrogen and oxygen atoms in total. The van der Waals surface area contributed by atoms with Crippen molar-refractivity contribution in [3.05, 3.63) is 59.0 Å². The Morgan fingerprint density at radius 3 is 2.33 bits per heavy atom. The fraction of sp³-hybridized carbons (Fsp3) is 0.318. The van der Waals surface area contributed by atoms with Crippen LogP contribution in [0.5, 0.6) is 0 Å². The van der Waals surface area contributed by atoms with Crippen molar-refractivity contribution in [2.24, 2.45) is 0 Å². The molecule has 0 atom stereocenters. The zero-order valence-corrected chi connectivity index (χ0v) is 19.0. The second-order valence-electron chi connectivity index (χ2n) is 7.71. The minimum absolute atomic E-state index is 0.0477. The average Bonchev–Trinajstić information content (AvgIpc) is 3.17. The molecule has 2 heterocycles. The molecule has 0 N–H and O–H groups in total. The number of amides is 1. The Morgan fingerprint density at radius 1 is 1.00 bits per heavy atom. The van der Waals surface area contributed by atoms with Crippen LogP contribution >= 0.6 is 11.3 Å². The quantitative estimate of drug-likeness (QED) is 0.620. The lowest BCUT2D eigenvalue weighted by Gasteiger charge is -2.32. The summed E-state index contributed by atoms with van der Waals surface area (Å²) in [7, 11) is -0.0384. The first kappa shape index (κ1) is 20.8. The lowest BCUT2D eigenvalue weighted by Crippen LogP contribution is -2.46. The number of piperazine rings is 1. The molecule has 0 saturated carbocycles. The Labute approximate surface area is 181 Å². The van der Waals surface area contributed by atoms with Gasteiger partial charge in [0.1, 0.15) is 0 Å². The summed E-state index contributed by atoms with van der Waals surface area (Å²) in [5.74, 6) is 0.0477. The summed E-state index contributed by atoms with van der Waals surface area (Å²) in [4.78, 5) is 17.9. The number of carbonyl (C=O) groups excluding carboxylic acids is 1. The van der Waals surface area contributed by atoms with Crippen molar-refractivity contribution < 1.29 is 13.2 Å². The Balaban J connectivity index is 1.60. The van der Waals surface area contributed by atoms with Crippen LogP contribution in [-0.2, 0) is 10.0 Å². The van der Waals surface area contributed by atoms with E-state index in [1.165, 1.54) is 15.6 Å². The summed E-state index contributed by atoms with van der Waals surface area (Å²) >= 11 is 1.45. The maximum atomic E-state index is 13.0. The molecule has 0 spiro atoms. The number of thiophene rings is 1. The number of carbonyl (C=O) groups is 1. The average molecular weight is 444 g/mol. The number of anilines is 1. The summed E-state index contributed by atoms with van der Waals surface area (Å²) in [5, 5.41) is 0.876. The maximum absolute atomic E-state index is 13.0. The van der Waals surface area contributed by atoms with Gasteiger partial charge in [-0.25, -0.2) is 8.42 Å². The molecule has 1 aromatic heterocycles. The van der Waals surface area contributed by atoms with E-state index < -0.39 is 10.0 Å². The van der Waals surface area contributed by atoms with Gasteiger partial charge in [-0.2, -0.15) is 0 Å². The Morgan fingerprint density at radius 2 is 1.67 bits per heavy atom. The molecule has 0 unspecified atom stereocenters. The molecule has 2 aromatic carbocycles. The van der Waals surface area contributed by atoms with Gasteiger partial charge in [0.2, 0.25) is 0 Å². The molecule has 1 aliphatic heterocycles. The van der Waals surface area contributed by atoms with Crippen LogP contribution < -0.4 is 4.31 Å². The lowest BCUT2D eigenvalue weighted by molar-refractivity contribution is 0.0669. The first-order valence-corrected chi connectivity index (χ1v) is 12.1. The zero-order chi connectivity index (χ0) is 21.5. The third-order valence-electron chi connectivity index (χ3n) is 5.54.